The van der Waals surface area contributed by atoms with Gasteiger partial charge in [-0.25, -0.2) is 5.43 Å². The highest BCUT2D eigenvalue weighted by atomic mass is 79.9. The Morgan fingerprint density at radius 1 is 1.06 bits per heavy atom. The van der Waals surface area contributed by atoms with Gasteiger partial charge in [-0.2, -0.15) is 5.10 Å². The second-order valence-electron chi connectivity index (χ2n) is 6.56. The SMILES string of the molecule is COc1cccc(C(=O)N/N=C/c2cc(Br)c(OCC(=O)Nc3ccccc3Cl)c(Br)c2)c1. The lowest BCUT2D eigenvalue weighted by molar-refractivity contribution is -0.118. The maximum Gasteiger partial charge on any atom is 0.271 e. The molecule has 0 fully saturated rings. The van der Waals surface area contributed by atoms with E-state index in [2.05, 4.69) is 47.7 Å². The minimum Gasteiger partial charge on any atom is -0.497 e. The molecule has 3 rings (SSSR count). The number of methoxy groups -OCH3 is 1. The highest BCUT2D eigenvalue weighted by Crippen LogP contribution is 2.34. The van der Waals surface area contributed by atoms with Crippen molar-refractivity contribution in [3.63, 3.8) is 0 Å². The zero-order valence-corrected chi connectivity index (χ0v) is 21.2. The number of halogens is 3. The van der Waals surface area contributed by atoms with Crippen molar-refractivity contribution in [2.45, 2.75) is 0 Å². The molecule has 0 aliphatic carbocycles. The monoisotopic (exact) mass is 593 g/mol. The molecule has 0 spiro atoms. The van der Waals surface area contributed by atoms with Crippen LogP contribution in [0.1, 0.15) is 15.9 Å². The molecule has 0 radical (unpaired) electrons. The summed E-state index contributed by atoms with van der Waals surface area (Å²) < 4.78 is 12.0. The Morgan fingerprint density at radius 2 is 1.79 bits per heavy atom. The number of benzene rings is 3. The molecule has 2 N–H and O–H groups in total. The maximum absolute atomic E-state index is 12.2. The third kappa shape index (κ3) is 7.05. The van der Waals surface area contributed by atoms with Crippen molar-refractivity contribution in [3.8, 4) is 11.5 Å². The molecule has 3 aromatic rings. The number of hydrogen-bond donors (Lipinski definition) is 2. The summed E-state index contributed by atoms with van der Waals surface area (Å²) in [4.78, 5) is 24.4. The van der Waals surface area contributed by atoms with Crippen molar-refractivity contribution in [1.82, 2.24) is 5.43 Å². The molecule has 10 heteroatoms. The van der Waals surface area contributed by atoms with Crippen LogP contribution in [0.15, 0.2) is 74.7 Å². The summed E-state index contributed by atoms with van der Waals surface area (Å²) in [6.45, 7) is -0.216. The van der Waals surface area contributed by atoms with Crippen LogP contribution in [0.2, 0.25) is 5.02 Å². The second-order valence-corrected chi connectivity index (χ2v) is 8.68. The van der Waals surface area contributed by atoms with Crippen molar-refractivity contribution in [2.24, 2.45) is 5.10 Å². The average molecular weight is 596 g/mol. The van der Waals surface area contributed by atoms with E-state index in [0.29, 0.717) is 42.3 Å². The molecule has 0 saturated carbocycles. The molecule has 0 aliphatic rings. The van der Waals surface area contributed by atoms with E-state index in [-0.39, 0.29) is 18.4 Å². The number of ether oxygens (including phenoxy) is 2. The van der Waals surface area contributed by atoms with Crippen LogP contribution in [0.25, 0.3) is 0 Å². The molecular formula is C23H18Br2ClN3O4. The third-order valence-electron chi connectivity index (χ3n) is 4.23. The summed E-state index contributed by atoms with van der Waals surface area (Å²) in [5, 5.41) is 7.12. The first-order chi connectivity index (χ1) is 15.9. The molecule has 0 heterocycles. The van der Waals surface area contributed by atoms with Gasteiger partial charge >= 0.3 is 0 Å². The number of nitrogens with zero attached hydrogens (tertiary/aromatic N) is 1. The lowest BCUT2D eigenvalue weighted by Crippen LogP contribution is -2.20. The van der Waals surface area contributed by atoms with Gasteiger partial charge in [0.15, 0.2) is 6.61 Å². The standard InChI is InChI=1S/C23H18Br2ClN3O4/c1-32-16-6-4-5-15(11-16)23(31)29-27-12-14-9-17(24)22(18(25)10-14)33-13-21(30)28-20-8-3-2-7-19(20)26/h2-12H,13H2,1H3,(H,28,30)(H,29,31)/b27-12+. The topological polar surface area (TPSA) is 89.0 Å². The van der Waals surface area contributed by atoms with E-state index in [1.165, 1.54) is 13.3 Å². The number of nitrogens with one attached hydrogen (secondary N) is 2. The summed E-state index contributed by atoms with van der Waals surface area (Å²) in [7, 11) is 1.53. The fourth-order valence-corrected chi connectivity index (χ4v) is 4.31. The minimum atomic E-state index is -0.368. The van der Waals surface area contributed by atoms with Gasteiger partial charge in [0.1, 0.15) is 11.5 Å². The first-order valence-corrected chi connectivity index (χ1v) is 11.5. The lowest BCUT2D eigenvalue weighted by atomic mass is 10.2. The van der Waals surface area contributed by atoms with Crippen molar-refractivity contribution in [3.05, 3.63) is 85.8 Å². The van der Waals surface area contributed by atoms with Crippen molar-refractivity contribution in [2.75, 3.05) is 19.0 Å². The fraction of sp³-hybridized carbons (Fsp3) is 0.0870. The molecule has 0 unspecified atom stereocenters. The van der Waals surface area contributed by atoms with Crippen LogP contribution >= 0.6 is 43.5 Å². The van der Waals surface area contributed by atoms with Gasteiger partial charge in [-0.1, -0.05) is 29.8 Å². The predicted molar refractivity (Wildman–Crippen MR) is 135 cm³/mol. The molecule has 33 heavy (non-hydrogen) atoms. The highest BCUT2D eigenvalue weighted by molar-refractivity contribution is 9.11. The van der Waals surface area contributed by atoms with Gasteiger partial charge in [0.25, 0.3) is 11.8 Å². The Bertz CT molecular complexity index is 1180. The van der Waals surface area contributed by atoms with E-state index >= 15 is 0 Å². The highest BCUT2D eigenvalue weighted by Gasteiger charge is 2.12. The molecule has 0 bridgehead atoms. The van der Waals surface area contributed by atoms with E-state index in [1.54, 1.807) is 60.7 Å². The van der Waals surface area contributed by atoms with E-state index in [1.807, 2.05) is 0 Å². The number of rotatable bonds is 8. The predicted octanol–water partition coefficient (Wildman–Crippen LogP) is 5.66. The normalized spacial score (nSPS) is 10.7. The number of hydrogen-bond acceptors (Lipinski definition) is 5. The zero-order chi connectivity index (χ0) is 23.8. The van der Waals surface area contributed by atoms with Gasteiger partial charge in [-0.3, -0.25) is 9.59 Å². The Hall–Kier alpha value is -2.88. The molecule has 7 nitrogen and oxygen atoms in total. The molecule has 0 aliphatic heterocycles. The van der Waals surface area contributed by atoms with Gasteiger partial charge < -0.3 is 14.8 Å². The zero-order valence-electron chi connectivity index (χ0n) is 17.3. The first-order valence-electron chi connectivity index (χ1n) is 9.51. The molecular weight excluding hydrogens is 578 g/mol. The van der Waals surface area contributed by atoms with Crippen LogP contribution in [0, 0.1) is 0 Å². The van der Waals surface area contributed by atoms with Gasteiger partial charge in [0, 0.05) is 5.56 Å². The van der Waals surface area contributed by atoms with Crippen LogP contribution in [-0.2, 0) is 4.79 Å². The number of hydrazone groups is 1. The summed E-state index contributed by atoms with van der Waals surface area (Å²) in [6.07, 6.45) is 1.49. The summed E-state index contributed by atoms with van der Waals surface area (Å²) in [6, 6.07) is 17.2. The fourth-order valence-electron chi connectivity index (χ4n) is 2.67. The van der Waals surface area contributed by atoms with Gasteiger partial charge in [0.05, 0.1) is 33.0 Å². The van der Waals surface area contributed by atoms with Crippen LogP contribution in [-0.4, -0.2) is 31.7 Å². The Balaban J connectivity index is 1.59. The Kier molecular flexibility index (Phi) is 8.87. The van der Waals surface area contributed by atoms with E-state index in [9.17, 15) is 9.59 Å². The maximum atomic E-state index is 12.2. The molecule has 2 amide bonds. The number of amides is 2. The largest absolute Gasteiger partial charge is 0.497 e. The average Bonchev–Trinajstić information content (AvgIpc) is 2.80. The molecule has 0 saturated heterocycles. The summed E-state index contributed by atoms with van der Waals surface area (Å²) in [5.41, 5.74) is 4.09. The van der Waals surface area contributed by atoms with Crippen LogP contribution < -0.4 is 20.2 Å². The van der Waals surface area contributed by atoms with Crippen molar-refractivity contribution >= 4 is 67.2 Å². The number of carbonyl (C=O) groups excluding carboxylic acids is 2. The molecule has 0 atom stereocenters. The lowest BCUT2D eigenvalue weighted by Gasteiger charge is -2.12. The first kappa shape index (κ1) is 24.8. The van der Waals surface area contributed by atoms with Gasteiger partial charge in [0.2, 0.25) is 0 Å². The van der Waals surface area contributed by atoms with Crippen molar-refractivity contribution < 1.29 is 19.1 Å². The number of para-hydroxylation sites is 1. The quantitative estimate of drug-likeness (QED) is 0.260. The van der Waals surface area contributed by atoms with Crippen molar-refractivity contribution in [1.29, 1.82) is 0 Å². The van der Waals surface area contributed by atoms with Crippen LogP contribution in [0.5, 0.6) is 11.5 Å². The van der Waals surface area contributed by atoms with Gasteiger partial charge in [-0.15, -0.1) is 0 Å². The molecule has 3 aromatic carbocycles. The minimum absolute atomic E-state index is 0.216. The second kappa shape index (κ2) is 11.8. The van der Waals surface area contributed by atoms with E-state index in [0.717, 1.165) is 0 Å². The van der Waals surface area contributed by atoms with Gasteiger partial charge in [-0.05, 0) is 79.9 Å². The third-order valence-corrected chi connectivity index (χ3v) is 5.74. The summed E-state index contributed by atoms with van der Waals surface area (Å²) >= 11 is 12.9. The van der Waals surface area contributed by atoms with Crippen LogP contribution in [0.4, 0.5) is 5.69 Å². The van der Waals surface area contributed by atoms with Crippen LogP contribution in [0.3, 0.4) is 0 Å². The Morgan fingerprint density at radius 3 is 2.48 bits per heavy atom. The summed E-state index contributed by atoms with van der Waals surface area (Å²) in [5.74, 6) is 0.304. The molecule has 0 aromatic heterocycles. The Labute approximate surface area is 212 Å². The number of carbonyl (C=O) groups is 2. The van der Waals surface area contributed by atoms with E-state index in [4.69, 9.17) is 21.1 Å². The number of anilines is 1. The van der Waals surface area contributed by atoms with E-state index < -0.39 is 0 Å². The smallest absolute Gasteiger partial charge is 0.271 e. The molecule has 170 valence electrons.